The molecule has 1 saturated carbocycles. The molecule has 1 amide bonds. The lowest BCUT2D eigenvalue weighted by Crippen LogP contribution is -2.47. The van der Waals surface area contributed by atoms with Crippen molar-refractivity contribution in [2.75, 3.05) is 6.54 Å². The highest BCUT2D eigenvalue weighted by Gasteiger charge is 2.23. The molecule has 0 saturated heterocycles. The lowest BCUT2D eigenvalue weighted by molar-refractivity contribution is -0.121. The molecule has 12 heavy (non-hydrogen) atoms. The Morgan fingerprint density at radius 3 is 2.75 bits per heavy atom. The summed E-state index contributed by atoms with van der Waals surface area (Å²) in [5, 5.41) is 12.2. The summed E-state index contributed by atoms with van der Waals surface area (Å²) in [5.41, 5.74) is 5.14. The normalized spacial score (nSPS) is 29.8. The van der Waals surface area contributed by atoms with Crippen molar-refractivity contribution >= 4 is 5.91 Å². The summed E-state index contributed by atoms with van der Waals surface area (Å²) in [5.74, 6) is -0.180. The Bertz CT molecular complexity index is 161. The Labute approximate surface area is 72.1 Å². The van der Waals surface area contributed by atoms with Crippen LogP contribution in [0.2, 0.25) is 0 Å². The molecule has 4 nitrogen and oxygen atoms in total. The van der Waals surface area contributed by atoms with Crippen LogP contribution in [0.15, 0.2) is 0 Å². The van der Waals surface area contributed by atoms with Crippen LogP contribution in [-0.4, -0.2) is 29.7 Å². The van der Waals surface area contributed by atoms with Gasteiger partial charge in [-0.3, -0.25) is 4.79 Å². The maximum atomic E-state index is 10.9. The van der Waals surface area contributed by atoms with Gasteiger partial charge in [-0.05, 0) is 12.8 Å². The maximum Gasteiger partial charge on any atom is 0.234 e. The first-order valence-electron chi connectivity index (χ1n) is 4.41. The van der Waals surface area contributed by atoms with Crippen LogP contribution in [0.1, 0.15) is 25.7 Å². The third-order valence-electron chi connectivity index (χ3n) is 2.26. The van der Waals surface area contributed by atoms with Gasteiger partial charge in [0.15, 0.2) is 0 Å². The minimum Gasteiger partial charge on any atom is -0.391 e. The quantitative estimate of drug-likeness (QED) is 0.519. The van der Waals surface area contributed by atoms with E-state index in [1.807, 2.05) is 0 Å². The fraction of sp³-hybridized carbons (Fsp3) is 0.875. The molecule has 0 aliphatic heterocycles. The van der Waals surface area contributed by atoms with Gasteiger partial charge in [-0.1, -0.05) is 12.8 Å². The fourth-order valence-corrected chi connectivity index (χ4v) is 1.55. The second-order valence-corrected chi connectivity index (χ2v) is 3.23. The van der Waals surface area contributed by atoms with Crippen LogP contribution >= 0.6 is 0 Å². The van der Waals surface area contributed by atoms with Crippen LogP contribution in [-0.2, 0) is 4.79 Å². The number of amides is 1. The number of rotatable bonds is 2. The van der Waals surface area contributed by atoms with E-state index in [0.717, 1.165) is 25.7 Å². The van der Waals surface area contributed by atoms with E-state index in [1.54, 1.807) is 0 Å². The van der Waals surface area contributed by atoms with Crippen molar-refractivity contribution < 1.29 is 9.90 Å². The van der Waals surface area contributed by atoms with E-state index in [1.165, 1.54) is 0 Å². The maximum absolute atomic E-state index is 10.9. The number of nitrogens with one attached hydrogen (secondary N) is 1. The summed E-state index contributed by atoms with van der Waals surface area (Å²) in [6, 6.07) is -0.0743. The Hall–Kier alpha value is -0.610. The standard InChI is InChI=1S/C8H16N2O2/c9-5-8(12)10-6-3-1-2-4-7(6)11/h6-7,11H,1-5,9H2,(H,10,12)/t6-,7+/m0/s1. The molecule has 0 heterocycles. The summed E-state index contributed by atoms with van der Waals surface area (Å²) >= 11 is 0. The zero-order valence-electron chi connectivity index (χ0n) is 7.12. The van der Waals surface area contributed by atoms with Crippen molar-refractivity contribution in [2.24, 2.45) is 5.73 Å². The molecule has 0 unspecified atom stereocenters. The van der Waals surface area contributed by atoms with Crippen molar-refractivity contribution in [1.82, 2.24) is 5.32 Å². The van der Waals surface area contributed by atoms with Crippen molar-refractivity contribution in [3.8, 4) is 0 Å². The summed E-state index contributed by atoms with van der Waals surface area (Å²) in [7, 11) is 0. The molecule has 0 spiro atoms. The van der Waals surface area contributed by atoms with Gasteiger partial charge in [-0.15, -0.1) is 0 Å². The lowest BCUT2D eigenvalue weighted by Gasteiger charge is -2.28. The molecule has 0 aromatic carbocycles. The van der Waals surface area contributed by atoms with Crippen molar-refractivity contribution in [1.29, 1.82) is 0 Å². The van der Waals surface area contributed by atoms with Crippen molar-refractivity contribution in [3.63, 3.8) is 0 Å². The van der Waals surface area contributed by atoms with Crippen LogP contribution in [0, 0.1) is 0 Å². The second-order valence-electron chi connectivity index (χ2n) is 3.23. The van der Waals surface area contributed by atoms with Crippen LogP contribution in [0.3, 0.4) is 0 Å². The monoisotopic (exact) mass is 172 g/mol. The Kier molecular flexibility index (Phi) is 3.49. The van der Waals surface area contributed by atoms with Gasteiger partial charge in [-0.2, -0.15) is 0 Å². The molecule has 4 N–H and O–H groups in total. The van der Waals surface area contributed by atoms with E-state index in [9.17, 15) is 9.90 Å². The lowest BCUT2D eigenvalue weighted by atomic mass is 9.92. The van der Waals surface area contributed by atoms with Gasteiger partial charge < -0.3 is 16.2 Å². The van der Waals surface area contributed by atoms with Crippen molar-refractivity contribution in [2.45, 2.75) is 37.8 Å². The highest BCUT2D eigenvalue weighted by molar-refractivity contribution is 5.78. The molecular weight excluding hydrogens is 156 g/mol. The Balaban J connectivity index is 2.33. The van der Waals surface area contributed by atoms with Crippen LogP contribution < -0.4 is 11.1 Å². The number of aliphatic hydroxyl groups is 1. The molecular formula is C8H16N2O2. The van der Waals surface area contributed by atoms with Crippen LogP contribution in [0.4, 0.5) is 0 Å². The van der Waals surface area contributed by atoms with Gasteiger partial charge in [0, 0.05) is 0 Å². The zero-order chi connectivity index (χ0) is 8.97. The van der Waals surface area contributed by atoms with Crippen LogP contribution in [0.5, 0.6) is 0 Å². The van der Waals surface area contributed by atoms with Gasteiger partial charge >= 0.3 is 0 Å². The van der Waals surface area contributed by atoms with Gasteiger partial charge in [0.25, 0.3) is 0 Å². The predicted molar refractivity (Wildman–Crippen MR) is 45.5 cm³/mol. The molecule has 4 heteroatoms. The van der Waals surface area contributed by atoms with Gasteiger partial charge in [0.1, 0.15) is 0 Å². The molecule has 1 fully saturated rings. The number of hydrogen-bond donors (Lipinski definition) is 3. The van der Waals surface area contributed by atoms with E-state index >= 15 is 0 Å². The molecule has 0 radical (unpaired) electrons. The number of aliphatic hydroxyl groups excluding tert-OH is 1. The summed E-state index contributed by atoms with van der Waals surface area (Å²) in [4.78, 5) is 10.9. The third kappa shape index (κ3) is 2.46. The van der Waals surface area contributed by atoms with E-state index < -0.39 is 0 Å². The molecule has 0 aromatic heterocycles. The molecule has 2 atom stereocenters. The van der Waals surface area contributed by atoms with E-state index in [0.29, 0.717) is 0 Å². The molecule has 1 aliphatic carbocycles. The topological polar surface area (TPSA) is 75.4 Å². The molecule has 0 aromatic rings. The van der Waals surface area contributed by atoms with E-state index in [2.05, 4.69) is 5.32 Å². The summed E-state index contributed by atoms with van der Waals surface area (Å²) in [6.07, 6.45) is 3.40. The average Bonchev–Trinajstić information content (AvgIpc) is 2.09. The molecule has 1 rings (SSSR count). The van der Waals surface area contributed by atoms with E-state index in [4.69, 9.17) is 5.73 Å². The average molecular weight is 172 g/mol. The molecule has 1 aliphatic rings. The highest BCUT2D eigenvalue weighted by atomic mass is 16.3. The first kappa shape index (κ1) is 9.48. The first-order chi connectivity index (χ1) is 5.74. The van der Waals surface area contributed by atoms with E-state index in [-0.39, 0.29) is 24.6 Å². The minimum absolute atomic E-state index is 0.00319. The first-order valence-corrected chi connectivity index (χ1v) is 4.41. The largest absolute Gasteiger partial charge is 0.391 e. The number of hydrogen-bond acceptors (Lipinski definition) is 3. The smallest absolute Gasteiger partial charge is 0.234 e. The summed E-state index contributed by atoms with van der Waals surface area (Å²) in [6.45, 7) is 0.00319. The third-order valence-corrected chi connectivity index (χ3v) is 2.26. The number of nitrogens with two attached hydrogens (primary N) is 1. The number of carbonyl (C=O) groups excluding carboxylic acids is 1. The summed E-state index contributed by atoms with van der Waals surface area (Å²) < 4.78 is 0. The Morgan fingerprint density at radius 2 is 2.17 bits per heavy atom. The zero-order valence-corrected chi connectivity index (χ0v) is 7.12. The Morgan fingerprint density at radius 1 is 1.50 bits per heavy atom. The predicted octanol–water partition coefficient (Wildman–Crippen LogP) is -0.635. The highest BCUT2D eigenvalue weighted by Crippen LogP contribution is 2.17. The SMILES string of the molecule is NCC(=O)N[C@H]1CCCC[C@H]1O. The van der Waals surface area contributed by atoms with Gasteiger partial charge in [-0.25, -0.2) is 0 Å². The second kappa shape index (κ2) is 4.42. The fourth-order valence-electron chi connectivity index (χ4n) is 1.55. The minimum atomic E-state index is -0.380. The van der Waals surface area contributed by atoms with Gasteiger partial charge in [0.2, 0.25) is 5.91 Å². The van der Waals surface area contributed by atoms with Crippen LogP contribution in [0.25, 0.3) is 0 Å². The molecule has 0 bridgehead atoms. The van der Waals surface area contributed by atoms with Crippen molar-refractivity contribution in [3.05, 3.63) is 0 Å². The number of carbonyl (C=O) groups is 1. The molecule has 70 valence electrons. The van der Waals surface area contributed by atoms with Gasteiger partial charge in [0.05, 0.1) is 18.7 Å².